The van der Waals surface area contributed by atoms with E-state index >= 15 is 0 Å². The minimum atomic E-state index is 0. The van der Waals surface area contributed by atoms with Crippen LogP contribution in [-0.4, -0.2) is 36.0 Å². The molecule has 2 aliphatic rings. The molecule has 1 amide bonds. The van der Waals surface area contributed by atoms with Crippen molar-refractivity contribution in [3.8, 4) is 0 Å². The normalized spacial score (nSPS) is 23.8. The molecule has 26 heavy (non-hydrogen) atoms. The van der Waals surface area contributed by atoms with Gasteiger partial charge in [0, 0.05) is 38.1 Å². The van der Waals surface area contributed by atoms with E-state index in [-0.39, 0.29) is 36.8 Å². The second-order valence-corrected chi connectivity index (χ2v) is 7.60. The third-order valence-electron chi connectivity index (χ3n) is 5.77. The van der Waals surface area contributed by atoms with E-state index in [1.807, 2.05) is 0 Å². The molecular weight excluding hydrogens is 369 g/mol. The van der Waals surface area contributed by atoms with Crippen molar-refractivity contribution < 1.29 is 4.79 Å². The summed E-state index contributed by atoms with van der Waals surface area (Å²) in [5.74, 6) is 0.598. The second-order valence-electron chi connectivity index (χ2n) is 7.60. The molecule has 1 aliphatic heterocycles. The summed E-state index contributed by atoms with van der Waals surface area (Å²) in [5, 5.41) is 3.24. The Kier molecular flexibility index (Phi) is 9.94. The molecule has 1 saturated heterocycles. The van der Waals surface area contributed by atoms with Crippen LogP contribution < -0.4 is 11.1 Å². The fourth-order valence-corrected chi connectivity index (χ4v) is 4.11. The number of piperidine rings is 1. The summed E-state index contributed by atoms with van der Waals surface area (Å²) >= 11 is 0. The molecule has 2 atom stereocenters. The van der Waals surface area contributed by atoms with E-state index < -0.39 is 0 Å². The van der Waals surface area contributed by atoms with E-state index in [2.05, 4.69) is 41.4 Å². The van der Waals surface area contributed by atoms with Crippen LogP contribution in [0.3, 0.4) is 0 Å². The van der Waals surface area contributed by atoms with Gasteiger partial charge in [-0.3, -0.25) is 9.69 Å². The zero-order valence-corrected chi connectivity index (χ0v) is 17.3. The van der Waals surface area contributed by atoms with Crippen LogP contribution in [0.5, 0.6) is 0 Å². The number of halogens is 2. The highest BCUT2D eigenvalue weighted by atomic mass is 35.5. The predicted molar refractivity (Wildman–Crippen MR) is 112 cm³/mol. The summed E-state index contributed by atoms with van der Waals surface area (Å²) in [7, 11) is 0. The first-order chi connectivity index (χ1) is 11.6. The molecule has 1 saturated carbocycles. The molecule has 0 aromatic heterocycles. The molecule has 4 nitrogen and oxygen atoms in total. The number of rotatable bonds is 5. The van der Waals surface area contributed by atoms with Crippen LogP contribution in [0.1, 0.15) is 49.7 Å². The molecule has 0 radical (unpaired) electrons. The fraction of sp³-hybridized carbons (Fsp3) is 0.650. The Hall–Kier alpha value is -0.810. The lowest BCUT2D eigenvalue weighted by atomic mass is 9.98. The summed E-state index contributed by atoms with van der Waals surface area (Å²) in [4.78, 5) is 14.7. The molecule has 0 spiro atoms. The van der Waals surface area contributed by atoms with E-state index in [0.717, 1.165) is 45.3 Å². The second kappa shape index (κ2) is 11.1. The summed E-state index contributed by atoms with van der Waals surface area (Å²) in [6, 6.07) is 9.17. The molecule has 3 N–H and O–H groups in total. The molecule has 1 aromatic rings. The number of benzene rings is 1. The van der Waals surface area contributed by atoms with Gasteiger partial charge < -0.3 is 11.1 Å². The zero-order chi connectivity index (χ0) is 16.9. The smallest absolute Gasteiger partial charge is 0.220 e. The number of likely N-dealkylation sites (tertiary alicyclic amines) is 1. The first-order valence-corrected chi connectivity index (χ1v) is 9.43. The van der Waals surface area contributed by atoms with E-state index in [0.29, 0.717) is 18.4 Å². The van der Waals surface area contributed by atoms with Crippen LogP contribution in [0.25, 0.3) is 0 Å². The molecular formula is C20H33Cl2N3O. The van der Waals surface area contributed by atoms with Crippen LogP contribution in [0.2, 0.25) is 0 Å². The van der Waals surface area contributed by atoms with Crippen LogP contribution >= 0.6 is 24.8 Å². The molecule has 3 rings (SSSR count). The average Bonchev–Trinajstić information content (AvgIpc) is 2.96. The fourth-order valence-electron chi connectivity index (χ4n) is 4.11. The quantitative estimate of drug-likeness (QED) is 0.793. The van der Waals surface area contributed by atoms with Gasteiger partial charge in [0.1, 0.15) is 0 Å². The Morgan fingerprint density at radius 3 is 2.46 bits per heavy atom. The third kappa shape index (κ3) is 6.41. The van der Waals surface area contributed by atoms with Crippen molar-refractivity contribution in [2.24, 2.45) is 11.7 Å². The van der Waals surface area contributed by atoms with E-state index in [9.17, 15) is 4.79 Å². The van der Waals surface area contributed by atoms with Gasteiger partial charge in [0.05, 0.1) is 0 Å². The number of hydrogen-bond donors (Lipinski definition) is 2. The summed E-state index contributed by atoms with van der Waals surface area (Å²) in [5.41, 5.74) is 8.85. The van der Waals surface area contributed by atoms with Gasteiger partial charge in [0.2, 0.25) is 5.91 Å². The topological polar surface area (TPSA) is 58.4 Å². The predicted octanol–water partition coefficient (Wildman–Crippen LogP) is 3.44. The van der Waals surface area contributed by atoms with Gasteiger partial charge in [-0.25, -0.2) is 0 Å². The summed E-state index contributed by atoms with van der Waals surface area (Å²) < 4.78 is 0. The van der Waals surface area contributed by atoms with Crippen LogP contribution in [0.15, 0.2) is 24.3 Å². The first-order valence-electron chi connectivity index (χ1n) is 9.43. The number of nitrogens with zero attached hydrogens (tertiary/aromatic N) is 1. The minimum Gasteiger partial charge on any atom is -0.353 e. The van der Waals surface area contributed by atoms with Crippen LogP contribution in [0, 0.1) is 12.8 Å². The van der Waals surface area contributed by atoms with E-state index in [1.54, 1.807) is 0 Å². The van der Waals surface area contributed by atoms with Crippen molar-refractivity contribution in [3.05, 3.63) is 35.4 Å². The van der Waals surface area contributed by atoms with Gasteiger partial charge >= 0.3 is 0 Å². The lowest BCUT2D eigenvalue weighted by molar-refractivity contribution is -0.123. The van der Waals surface area contributed by atoms with Crippen molar-refractivity contribution in [1.82, 2.24) is 10.2 Å². The van der Waals surface area contributed by atoms with Crippen molar-refractivity contribution in [2.75, 3.05) is 13.1 Å². The van der Waals surface area contributed by atoms with Gasteiger partial charge in [-0.1, -0.05) is 30.7 Å². The highest BCUT2D eigenvalue weighted by molar-refractivity contribution is 5.85. The lowest BCUT2D eigenvalue weighted by Gasteiger charge is -2.33. The Morgan fingerprint density at radius 2 is 1.85 bits per heavy atom. The molecule has 1 heterocycles. The molecule has 148 valence electrons. The van der Waals surface area contributed by atoms with Crippen molar-refractivity contribution >= 4 is 30.7 Å². The van der Waals surface area contributed by atoms with E-state index in [1.165, 1.54) is 17.5 Å². The maximum Gasteiger partial charge on any atom is 0.220 e. The van der Waals surface area contributed by atoms with Gasteiger partial charge in [-0.2, -0.15) is 0 Å². The molecule has 1 aliphatic carbocycles. The maximum absolute atomic E-state index is 12.2. The third-order valence-corrected chi connectivity index (χ3v) is 5.77. The molecule has 2 fully saturated rings. The molecule has 0 unspecified atom stereocenters. The Balaban J connectivity index is 0.00000169. The average molecular weight is 402 g/mol. The Morgan fingerprint density at radius 1 is 1.15 bits per heavy atom. The number of hydrogen-bond acceptors (Lipinski definition) is 3. The van der Waals surface area contributed by atoms with Crippen LogP contribution in [0.4, 0.5) is 0 Å². The highest BCUT2D eigenvalue weighted by Crippen LogP contribution is 2.27. The maximum atomic E-state index is 12.2. The van der Waals surface area contributed by atoms with Crippen molar-refractivity contribution in [1.29, 1.82) is 0 Å². The lowest BCUT2D eigenvalue weighted by Crippen LogP contribution is -2.45. The molecule has 0 bridgehead atoms. The SMILES string of the molecule is Cc1ccccc1CN1CCC(NC(=O)C[C@@H]2CCC[C@H]2N)CC1.Cl.Cl. The van der Waals surface area contributed by atoms with E-state index in [4.69, 9.17) is 5.73 Å². The number of carbonyl (C=O) groups is 1. The van der Waals surface area contributed by atoms with Gasteiger partial charge in [0.25, 0.3) is 0 Å². The monoisotopic (exact) mass is 401 g/mol. The van der Waals surface area contributed by atoms with Crippen LogP contribution in [-0.2, 0) is 11.3 Å². The highest BCUT2D eigenvalue weighted by Gasteiger charge is 2.27. The number of nitrogens with one attached hydrogen (secondary N) is 1. The summed E-state index contributed by atoms with van der Waals surface area (Å²) in [6.45, 7) is 5.31. The Labute approximate surface area is 170 Å². The van der Waals surface area contributed by atoms with Gasteiger partial charge in [-0.15, -0.1) is 24.8 Å². The molecule has 6 heteroatoms. The number of amides is 1. The largest absolute Gasteiger partial charge is 0.353 e. The minimum absolute atomic E-state index is 0. The number of aryl methyl sites for hydroxylation is 1. The van der Waals surface area contributed by atoms with Crippen molar-refractivity contribution in [2.45, 2.75) is 64.1 Å². The van der Waals surface area contributed by atoms with Gasteiger partial charge in [0.15, 0.2) is 0 Å². The first kappa shape index (κ1) is 23.2. The van der Waals surface area contributed by atoms with Gasteiger partial charge in [-0.05, 0) is 49.7 Å². The number of nitrogens with two attached hydrogens (primary N) is 1. The zero-order valence-electron chi connectivity index (χ0n) is 15.7. The van der Waals surface area contributed by atoms with Crippen molar-refractivity contribution in [3.63, 3.8) is 0 Å². The number of carbonyl (C=O) groups excluding carboxylic acids is 1. The standard InChI is InChI=1S/C20H31N3O.2ClH/c1-15-5-2-3-6-17(15)14-23-11-9-18(10-12-23)22-20(24)13-16-7-4-8-19(16)21;;/h2-3,5-6,16,18-19H,4,7-14,21H2,1H3,(H,22,24);2*1H/t16-,19+;;/m0../s1. The Bertz CT molecular complexity index is 562. The molecule has 1 aromatic carbocycles. The summed E-state index contributed by atoms with van der Waals surface area (Å²) in [6.07, 6.45) is 6.09.